The van der Waals surface area contributed by atoms with E-state index in [1.807, 2.05) is 24.3 Å². The summed E-state index contributed by atoms with van der Waals surface area (Å²) in [6.45, 7) is 3.12. The zero-order valence-electron chi connectivity index (χ0n) is 8.05. The number of alkyl halides is 1. The Morgan fingerprint density at radius 3 is 2.46 bits per heavy atom. The molecule has 0 aliphatic carbocycles. The Balaban J connectivity index is 2.78. The highest BCUT2D eigenvalue weighted by atomic mass is 19.1. The van der Waals surface area contributed by atoms with Crippen LogP contribution in [0.3, 0.4) is 0 Å². The first-order chi connectivity index (χ1) is 6.01. The summed E-state index contributed by atoms with van der Waals surface area (Å²) < 4.78 is 13.2. The van der Waals surface area contributed by atoms with Gasteiger partial charge in [0.2, 0.25) is 0 Å². The summed E-state index contributed by atoms with van der Waals surface area (Å²) in [4.78, 5) is 0. The second kappa shape index (κ2) is 3.88. The molecule has 0 heterocycles. The molecule has 0 fully saturated rings. The Kier molecular flexibility index (Phi) is 3.04. The highest BCUT2D eigenvalue weighted by Crippen LogP contribution is 2.17. The summed E-state index contributed by atoms with van der Waals surface area (Å²) >= 11 is 0. The van der Waals surface area contributed by atoms with Crippen LogP contribution in [0.25, 0.3) is 0 Å². The summed E-state index contributed by atoms with van der Waals surface area (Å²) in [6.07, 6.45) is 0.390. The van der Waals surface area contributed by atoms with Crippen LogP contribution in [0, 0.1) is 0 Å². The van der Waals surface area contributed by atoms with Gasteiger partial charge < -0.3 is 5.11 Å². The molecule has 1 N–H and O–H groups in total. The van der Waals surface area contributed by atoms with Gasteiger partial charge in [-0.3, -0.25) is 0 Å². The first-order valence-electron chi connectivity index (χ1n) is 4.39. The van der Waals surface area contributed by atoms with Crippen molar-refractivity contribution in [2.75, 3.05) is 0 Å². The number of aliphatic hydroxyl groups is 1. The number of halogens is 1. The third kappa shape index (κ3) is 3.55. The molecule has 0 bridgehead atoms. The first kappa shape index (κ1) is 10.2. The molecule has 0 aliphatic heterocycles. The second-order valence-electron chi connectivity index (χ2n) is 3.87. The summed E-state index contributed by atoms with van der Waals surface area (Å²) in [5.74, 6) is 0. The van der Waals surface area contributed by atoms with E-state index in [9.17, 15) is 4.39 Å². The van der Waals surface area contributed by atoms with Crippen molar-refractivity contribution in [2.24, 2.45) is 0 Å². The normalized spacial score (nSPS) is 11.7. The van der Waals surface area contributed by atoms with Crippen LogP contribution in [0.1, 0.15) is 25.0 Å². The summed E-state index contributed by atoms with van der Waals surface area (Å²) in [6, 6.07) is 7.38. The highest BCUT2D eigenvalue weighted by molar-refractivity contribution is 5.24. The number of rotatable bonds is 3. The van der Waals surface area contributed by atoms with Crippen LogP contribution in [-0.2, 0) is 13.0 Å². The van der Waals surface area contributed by atoms with Gasteiger partial charge in [-0.15, -0.1) is 0 Å². The molecule has 2 heteroatoms. The summed E-state index contributed by atoms with van der Waals surface area (Å²) in [5, 5.41) is 8.87. The number of aliphatic hydroxyl groups excluding tert-OH is 1. The van der Waals surface area contributed by atoms with E-state index < -0.39 is 5.67 Å². The van der Waals surface area contributed by atoms with Crippen molar-refractivity contribution < 1.29 is 9.50 Å². The molecule has 72 valence electrons. The molecule has 0 unspecified atom stereocenters. The zero-order valence-corrected chi connectivity index (χ0v) is 8.05. The quantitative estimate of drug-likeness (QED) is 0.761. The highest BCUT2D eigenvalue weighted by Gasteiger charge is 2.15. The van der Waals surface area contributed by atoms with Crippen LogP contribution in [0.4, 0.5) is 4.39 Å². The predicted molar refractivity (Wildman–Crippen MR) is 51.3 cm³/mol. The van der Waals surface area contributed by atoms with E-state index in [1.54, 1.807) is 13.8 Å². The molecule has 13 heavy (non-hydrogen) atoms. The lowest BCUT2D eigenvalue weighted by atomic mass is 9.99. The van der Waals surface area contributed by atoms with Crippen molar-refractivity contribution in [3.8, 4) is 0 Å². The van der Waals surface area contributed by atoms with Gasteiger partial charge >= 0.3 is 0 Å². The molecule has 0 amide bonds. The maximum Gasteiger partial charge on any atom is 0.109 e. The minimum atomic E-state index is -1.19. The van der Waals surface area contributed by atoms with Crippen molar-refractivity contribution in [2.45, 2.75) is 32.5 Å². The van der Waals surface area contributed by atoms with Gasteiger partial charge in [0.25, 0.3) is 0 Å². The van der Waals surface area contributed by atoms with Gasteiger partial charge in [0.1, 0.15) is 5.67 Å². The first-order valence-corrected chi connectivity index (χ1v) is 4.39. The van der Waals surface area contributed by atoms with Crippen LogP contribution < -0.4 is 0 Å². The number of hydrogen-bond donors (Lipinski definition) is 1. The fourth-order valence-electron chi connectivity index (χ4n) is 1.32. The van der Waals surface area contributed by atoms with E-state index in [0.29, 0.717) is 6.42 Å². The molecule has 0 aromatic heterocycles. The predicted octanol–water partition coefficient (Wildman–Crippen LogP) is 2.47. The van der Waals surface area contributed by atoms with Crippen molar-refractivity contribution in [1.29, 1.82) is 0 Å². The van der Waals surface area contributed by atoms with Crippen molar-refractivity contribution in [3.63, 3.8) is 0 Å². The minimum absolute atomic E-state index is 0.0144. The van der Waals surface area contributed by atoms with Crippen LogP contribution in [0.15, 0.2) is 24.3 Å². The SMILES string of the molecule is CC(C)(F)Cc1cccc(CO)c1. The van der Waals surface area contributed by atoms with E-state index in [0.717, 1.165) is 11.1 Å². The molecular formula is C11H15FO. The molecule has 0 saturated heterocycles. The van der Waals surface area contributed by atoms with Crippen molar-refractivity contribution in [3.05, 3.63) is 35.4 Å². The molecule has 1 aromatic carbocycles. The Hall–Kier alpha value is -0.890. The lowest BCUT2D eigenvalue weighted by molar-refractivity contribution is 0.217. The van der Waals surface area contributed by atoms with E-state index in [2.05, 4.69) is 0 Å². The van der Waals surface area contributed by atoms with Crippen LogP contribution in [-0.4, -0.2) is 10.8 Å². The van der Waals surface area contributed by atoms with Gasteiger partial charge in [0, 0.05) is 6.42 Å². The molecule has 0 radical (unpaired) electrons. The largest absolute Gasteiger partial charge is 0.392 e. The average molecular weight is 182 g/mol. The van der Waals surface area contributed by atoms with Crippen LogP contribution in [0.5, 0.6) is 0 Å². The fourth-order valence-corrected chi connectivity index (χ4v) is 1.32. The van der Waals surface area contributed by atoms with Crippen LogP contribution in [0.2, 0.25) is 0 Å². The van der Waals surface area contributed by atoms with E-state index in [-0.39, 0.29) is 6.61 Å². The molecule has 0 atom stereocenters. The molecule has 1 nitrogen and oxygen atoms in total. The maximum atomic E-state index is 13.2. The smallest absolute Gasteiger partial charge is 0.109 e. The molecule has 0 spiro atoms. The topological polar surface area (TPSA) is 20.2 Å². The Morgan fingerprint density at radius 2 is 1.92 bits per heavy atom. The Morgan fingerprint density at radius 1 is 1.31 bits per heavy atom. The third-order valence-electron chi connectivity index (χ3n) is 1.80. The third-order valence-corrected chi connectivity index (χ3v) is 1.80. The van der Waals surface area contributed by atoms with Gasteiger partial charge in [0.15, 0.2) is 0 Å². The average Bonchev–Trinajstić information content (AvgIpc) is 2.01. The molecule has 0 saturated carbocycles. The Bertz CT molecular complexity index is 276. The van der Waals surface area contributed by atoms with Crippen LogP contribution >= 0.6 is 0 Å². The molecular weight excluding hydrogens is 167 g/mol. The van der Waals surface area contributed by atoms with E-state index >= 15 is 0 Å². The lowest BCUT2D eigenvalue weighted by Gasteiger charge is -2.14. The zero-order chi connectivity index (χ0) is 9.90. The maximum absolute atomic E-state index is 13.2. The van der Waals surface area contributed by atoms with E-state index in [1.165, 1.54) is 0 Å². The lowest BCUT2D eigenvalue weighted by Crippen LogP contribution is -2.15. The Labute approximate surface area is 78.2 Å². The number of hydrogen-bond acceptors (Lipinski definition) is 1. The van der Waals surface area contributed by atoms with Crippen molar-refractivity contribution in [1.82, 2.24) is 0 Å². The van der Waals surface area contributed by atoms with Gasteiger partial charge in [-0.1, -0.05) is 24.3 Å². The van der Waals surface area contributed by atoms with Gasteiger partial charge in [-0.25, -0.2) is 4.39 Å². The van der Waals surface area contributed by atoms with Gasteiger partial charge in [0.05, 0.1) is 6.61 Å². The fraction of sp³-hybridized carbons (Fsp3) is 0.455. The minimum Gasteiger partial charge on any atom is -0.392 e. The standard InChI is InChI=1S/C11H15FO/c1-11(2,12)7-9-4-3-5-10(6-9)8-13/h3-6,13H,7-8H2,1-2H3. The van der Waals surface area contributed by atoms with Gasteiger partial charge in [-0.05, 0) is 25.0 Å². The van der Waals surface area contributed by atoms with Crippen molar-refractivity contribution >= 4 is 0 Å². The molecule has 1 aromatic rings. The monoisotopic (exact) mass is 182 g/mol. The van der Waals surface area contributed by atoms with Gasteiger partial charge in [-0.2, -0.15) is 0 Å². The van der Waals surface area contributed by atoms with E-state index in [4.69, 9.17) is 5.11 Å². The summed E-state index contributed by atoms with van der Waals surface area (Å²) in [5.41, 5.74) is 0.578. The second-order valence-corrected chi connectivity index (χ2v) is 3.87. The molecule has 0 aliphatic rings. The summed E-state index contributed by atoms with van der Waals surface area (Å²) in [7, 11) is 0. The number of benzene rings is 1. The molecule has 1 rings (SSSR count).